The molecular formula is C29H42O10. The maximum absolute atomic E-state index is 12.9. The van der Waals surface area contributed by atoms with Gasteiger partial charge in [0, 0.05) is 29.2 Å². The van der Waals surface area contributed by atoms with Gasteiger partial charge in [-0.25, -0.2) is 4.79 Å². The van der Waals surface area contributed by atoms with Crippen LogP contribution in [0.2, 0.25) is 0 Å². The van der Waals surface area contributed by atoms with Gasteiger partial charge in [0.05, 0.1) is 23.9 Å². The number of aliphatic hydroxyl groups is 5. The number of carbonyl (C=O) groups is 2. The Balaban J connectivity index is 1.21. The molecular weight excluding hydrogens is 508 g/mol. The number of rotatable bonds is 4. The first-order valence-electron chi connectivity index (χ1n) is 14.5. The van der Waals surface area contributed by atoms with E-state index in [9.17, 15) is 35.1 Å². The first kappa shape index (κ1) is 27.8. The molecule has 0 spiro atoms. The van der Waals surface area contributed by atoms with Gasteiger partial charge >= 0.3 is 5.97 Å². The van der Waals surface area contributed by atoms with Crippen molar-refractivity contribution in [2.24, 2.45) is 34.5 Å². The van der Waals surface area contributed by atoms with Crippen LogP contribution in [0.5, 0.6) is 0 Å². The SMILES string of the molecule is CC1O[C@@H](O[C@H]2CC[C@@]3(C=O)C(CC[C@@H]4[C@@H]3CC[C@]3(C)[C@@H](C5=CC(=O)OC5)[C@@H](O)C[C@]43O)C2)C(O)C(O)[C@H]1O. The number of hydrogen-bond acceptors (Lipinski definition) is 10. The lowest BCUT2D eigenvalue weighted by Gasteiger charge is -2.63. The summed E-state index contributed by atoms with van der Waals surface area (Å²) in [5.74, 6) is -0.892. The van der Waals surface area contributed by atoms with Gasteiger partial charge in [0.1, 0.15) is 31.2 Å². The monoisotopic (exact) mass is 550 g/mol. The number of cyclic esters (lactones) is 1. The molecule has 5 N–H and O–H groups in total. The standard InChI is InChI=1S/C29H42O10/c1-14-23(33)24(34)25(35)26(38-14)39-17-5-8-28(13-30)16(10-17)3-4-19-18(28)6-7-27(2)22(15-9-21(32)37-12-15)20(31)11-29(19,27)36/h9,13-14,16-20,22-26,31,33-36H,3-8,10-12H2,1-2H3/t14?,16?,17-,18-,19+,20-,22-,23-,24?,25?,26-,27+,28+,29-/m0/s1. The molecule has 6 aliphatic rings. The zero-order valence-electron chi connectivity index (χ0n) is 22.6. The number of fused-ring (bicyclic) bond motifs is 5. The normalized spacial score (nSPS) is 55.2. The fourth-order valence-corrected chi connectivity index (χ4v) is 9.82. The first-order valence-corrected chi connectivity index (χ1v) is 14.5. The molecule has 4 unspecified atom stereocenters. The van der Waals surface area contributed by atoms with E-state index in [4.69, 9.17) is 14.2 Å². The van der Waals surface area contributed by atoms with E-state index in [1.165, 1.54) is 6.08 Å². The highest BCUT2D eigenvalue weighted by Crippen LogP contribution is 2.69. The van der Waals surface area contributed by atoms with Crippen LogP contribution in [0.3, 0.4) is 0 Å². The predicted octanol–water partition coefficient (Wildman–Crippen LogP) is 0.606. The largest absolute Gasteiger partial charge is 0.458 e. The molecule has 4 aliphatic carbocycles. The van der Waals surface area contributed by atoms with Crippen LogP contribution in [-0.4, -0.2) is 92.9 Å². The second kappa shape index (κ2) is 9.58. The number of esters is 1. The molecule has 0 bridgehead atoms. The van der Waals surface area contributed by atoms with Gasteiger partial charge in [-0.1, -0.05) is 6.92 Å². The quantitative estimate of drug-likeness (QED) is 0.190. The zero-order chi connectivity index (χ0) is 27.9. The van der Waals surface area contributed by atoms with Crippen LogP contribution in [-0.2, 0) is 23.8 Å². The Morgan fingerprint density at radius 3 is 2.49 bits per heavy atom. The van der Waals surface area contributed by atoms with Crippen molar-refractivity contribution < 1.29 is 49.3 Å². The molecule has 2 heterocycles. The second-order valence-electron chi connectivity index (χ2n) is 13.4. The minimum atomic E-state index is -1.37. The summed E-state index contributed by atoms with van der Waals surface area (Å²) < 4.78 is 16.9. The van der Waals surface area contributed by atoms with Gasteiger partial charge < -0.3 is 44.5 Å². The summed E-state index contributed by atoms with van der Waals surface area (Å²) in [5, 5.41) is 54.1. The first-order chi connectivity index (χ1) is 18.4. The van der Waals surface area contributed by atoms with Crippen LogP contribution < -0.4 is 0 Å². The average Bonchev–Trinajstić information content (AvgIpc) is 3.41. The van der Waals surface area contributed by atoms with Crippen molar-refractivity contribution in [1.29, 1.82) is 0 Å². The Kier molecular flexibility index (Phi) is 6.81. The molecule has 10 heteroatoms. The van der Waals surface area contributed by atoms with Crippen LogP contribution in [0.15, 0.2) is 11.6 Å². The number of ether oxygens (including phenoxy) is 3. The van der Waals surface area contributed by atoms with Gasteiger partial charge in [0.15, 0.2) is 6.29 Å². The topological polar surface area (TPSA) is 163 Å². The van der Waals surface area contributed by atoms with Crippen LogP contribution >= 0.6 is 0 Å². The molecule has 1 saturated heterocycles. The number of aliphatic hydroxyl groups excluding tert-OH is 4. The highest BCUT2D eigenvalue weighted by atomic mass is 16.7. The number of hydrogen-bond donors (Lipinski definition) is 5. The lowest BCUT2D eigenvalue weighted by molar-refractivity contribution is -0.309. The van der Waals surface area contributed by atoms with E-state index in [1.807, 2.05) is 6.92 Å². The molecule has 39 heavy (non-hydrogen) atoms. The smallest absolute Gasteiger partial charge is 0.331 e. The second-order valence-corrected chi connectivity index (χ2v) is 13.4. The van der Waals surface area contributed by atoms with Gasteiger partial charge in [0.25, 0.3) is 0 Å². The summed E-state index contributed by atoms with van der Waals surface area (Å²) in [7, 11) is 0. The maximum atomic E-state index is 12.9. The highest BCUT2D eigenvalue weighted by molar-refractivity contribution is 5.85. The Bertz CT molecular complexity index is 1030. The molecule has 0 radical (unpaired) electrons. The Morgan fingerprint density at radius 1 is 1.03 bits per heavy atom. The minimum absolute atomic E-state index is 0.0253. The van der Waals surface area contributed by atoms with Crippen molar-refractivity contribution in [1.82, 2.24) is 0 Å². The van der Waals surface area contributed by atoms with Crippen molar-refractivity contribution in [2.75, 3.05) is 6.61 Å². The number of aldehydes is 1. The third-order valence-corrected chi connectivity index (χ3v) is 11.8. The van der Waals surface area contributed by atoms with E-state index in [0.717, 1.165) is 31.1 Å². The number of carbonyl (C=O) groups excluding carboxylic acids is 2. The lowest BCUT2D eigenvalue weighted by Crippen LogP contribution is -2.63. The van der Waals surface area contributed by atoms with Crippen LogP contribution in [0.25, 0.3) is 0 Å². The maximum Gasteiger partial charge on any atom is 0.331 e. The van der Waals surface area contributed by atoms with Crippen molar-refractivity contribution in [3.05, 3.63) is 11.6 Å². The van der Waals surface area contributed by atoms with Crippen LogP contribution in [0.4, 0.5) is 0 Å². The van der Waals surface area contributed by atoms with Crippen molar-refractivity contribution in [3.8, 4) is 0 Å². The summed E-state index contributed by atoms with van der Waals surface area (Å²) in [4.78, 5) is 24.7. The zero-order valence-corrected chi connectivity index (χ0v) is 22.6. The molecule has 14 atom stereocenters. The van der Waals surface area contributed by atoms with Crippen molar-refractivity contribution in [3.63, 3.8) is 0 Å². The lowest BCUT2D eigenvalue weighted by atomic mass is 9.43. The van der Waals surface area contributed by atoms with E-state index >= 15 is 0 Å². The fourth-order valence-electron chi connectivity index (χ4n) is 9.82. The molecule has 0 amide bonds. The van der Waals surface area contributed by atoms with Gasteiger partial charge in [-0.3, -0.25) is 0 Å². The summed E-state index contributed by atoms with van der Waals surface area (Å²) >= 11 is 0. The molecule has 0 aromatic carbocycles. The predicted molar refractivity (Wildman–Crippen MR) is 135 cm³/mol. The summed E-state index contributed by atoms with van der Waals surface area (Å²) in [6, 6.07) is 0. The Morgan fingerprint density at radius 2 is 1.79 bits per heavy atom. The van der Waals surface area contributed by atoms with Gasteiger partial charge in [-0.05, 0) is 75.2 Å². The van der Waals surface area contributed by atoms with E-state index in [-0.39, 0.29) is 42.8 Å². The van der Waals surface area contributed by atoms with Crippen molar-refractivity contribution in [2.45, 2.75) is 114 Å². The fraction of sp³-hybridized carbons (Fsp3) is 0.862. The Hall–Kier alpha value is -1.40. The van der Waals surface area contributed by atoms with Gasteiger partial charge in [-0.2, -0.15) is 0 Å². The third-order valence-electron chi connectivity index (χ3n) is 11.8. The Labute approximate surface area is 228 Å². The summed E-state index contributed by atoms with van der Waals surface area (Å²) in [6.45, 7) is 3.80. The van der Waals surface area contributed by atoms with E-state index < -0.39 is 59.2 Å². The molecule has 6 rings (SSSR count). The summed E-state index contributed by atoms with van der Waals surface area (Å²) in [5.41, 5.74) is -1.64. The average molecular weight is 551 g/mol. The molecule has 10 nitrogen and oxygen atoms in total. The minimum Gasteiger partial charge on any atom is -0.458 e. The molecule has 4 saturated carbocycles. The molecule has 5 fully saturated rings. The van der Waals surface area contributed by atoms with Gasteiger partial charge in [0.2, 0.25) is 0 Å². The molecule has 2 aliphatic heterocycles. The molecule has 0 aromatic rings. The van der Waals surface area contributed by atoms with Crippen LogP contribution in [0.1, 0.15) is 65.2 Å². The molecule has 0 aromatic heterocycles. The van der Waals surface area contributed by atoms with E-state index in [2.05, 4.69) is 0 Å². The van der Waals surface area contributed by atoms with Crippen molar-refractivity contribution >= 4 is 12.3 Å². The van der Waals surface area contributed by atoms with E-state index in [0.29, 0.717) is 25.7 Å². The van der Waals surface area contributed by atoms with E-state index in [1.54, 1.807) is 6.92 Å². The van der Waals surface area contributed by atoms with Crippen LogP contribution in [0, 0.1) is 34.5 Å². The molecule has 218 valence electrons. The van der Waals surface area contributed by atoms with Gasteiger partial charge in [-0.15, -0.1) is 0 Å². The highest BCUT2D eigenvalue weighted by Gasteiger charge is 2.70. The summed E-state index contributed by atoms with van der Waals surface area (Å²) in [6.07, 6.45) is 0.686. The third kappa shape index (κ3) is 3.93.